The molecule has 0 bridgehead atoms. The summed E-state index contributed by atoms with van der Waals surface area (Å²) in [7, 11) is 0. The normalized spacial score (nSPS) is 15.8. The maximum Gasteiger partial charge on any atom is 0.321 e. The maximum absolute atomic E-state index is 14.6. The molecule has 2 aromatic heterocycles. The molecular formula is C47H58N8O4. The molecule has 0 saturated carbocycles. The van der Waals surface area contributed by atoms with Crippen LogP contribution in [0.5, 0.6) is 0 Å². The number of nitrogens with one attached hydrogen (secondary N) is 2. The van der Waals surface area contributed by atoms with Crippen LogP contribution in [0.15, 0.2) is 116 Å². The Balaban J connectivity index is 1.23. The molecule has 6 rings (SSSR count). The molecule has 1 aliphatic rings. The predicted molar refractivity (Wildman–Crippen MR) is 231 cm³/mol. The van der Waals surface area contributed by atoms with Crippen LogP contribution in [0.25, 0.3) is 22.2 Å². The zero-order chi connectivity index (χ0) is 42.1. The summed E-state index contributed by atoms with van der Waals surface area (Å²) in [6.45, 7) is 11.2. The van der Waals surface area contributed by atoms with E-state index in [1.165, 1.54) is 0 Å². The number of hydrazine groups is 1. The molecule has 0 aliphatic carbocycles. The third kappa shape index (κ3) is 10.9. The predicted octanol–water partition coefficient (Wildman–Crippen LogP) is 5.94. The van der Waals surface area contributed by atoms with E-state index in [2.05, 4.69) is 20.7 Å². The maximum atomic E-state index is 14.6. The summed E-state index contributed by atoms with van der Waals surface area (Å²) in [5.74, 6) is -0.884. The van der Waals surface area contributed by atoms with Crippen molar-refractivity contribution in [2.75, 3.05) is 19.6 Å². The topological polar surface area (TPSA) is 157 Å². The number of benzene rings is 3. The van der Waals surface area contributed by atoms with Crippen LogP contribution < -0.4 is 16.5 Å². The van der Waals surface area contributed by atoms with Gasteiger partial charge >= 0.3 is 6.03 Å². The molecule has 0 unspecified atom stereocenters. The van der Waals surface area contributed by atoms with Crippen molar-refractivity contribution in [2.45, 2.75) is 84.8 Å². The lowest BCUT2D eigenvalue weighted by Gasteiger charge is -2.35. The number of carbonyl (C=O) groups is 3. The highest BCUT2D eigenvalue weighted by Gasteiger charge is 2.41. The summed E-state index contributed by atoms with van der Waals surface area (Å²) in [4.78, 5) is 54.6. The van der Waals surface area contributed by atoms with Gasteiger partial charge in [-0.2, -0.15) is 0 Å². The summed E-state index contributed by atoms with van der Waals surface area (Å²) in [6.07, 6.45) is 3.35. The van der Waals surface area contributed by atoms with Gasteiger partial charge in [0.15, 0.2) is 0 Å². The number of amides is 4. The molecule has 5 N–H and O–H groups in total. The van der Waals surface area contributed by atoms with Gasteiger partial charge in [0.05, 0.1) is 29.4 Å². The molecule has 1 saturated heterocycles. The first-order valence-electron chi connectivity index (χ1n) is 20.5. The molecule has 59 heavy (non-hydrogen) atoms. The van der Waals surface area contributed by atoms with E-state index in [1.807, 2.05) is 138 Å². The van der Waals surface area contributed by atoms with Gasteiger partial charge in [-0.15, -0.1) is 0 Å². The number of fused-ring (bicyclic) bond motifs is 1. The van der Waals surface area contributed by atoms with Gasteiger partial charge < -0.3 is 26.0 Å². The van der Waals surface area contributed by atoms with E-state index in [-0.39, 0.29) is 36.9 Å². The molecule has 1 aliphatic heterocycles. The van der Waals surface area contributed by atoms with Crippen molar-refractivity contribution >= 4 is 28.7 Å². The fourth-order valence-electron chi connectivity index (χ4n) is 7.51. The van der Waals surface area contributed by atoms with Crippen LogP contribution in [0.1, 0.15) is 57.7 Å². The van der Waals surface area contributed by atoms with Gasteiger partial charge in [0.1, 0.15) is 6.04 Å². The lowest BCUT2D eigenvalue weighted by molar-refractivity contribution is -0.132. The van der Waals surface area contributed by atoms with Crippen LogP contribution in [0.4, 0.5) is 4.79 Å². The first-order chi connectivity index (χ1) is 28.3. The summed E-state index contributed by atoms with van der Waals surface area (Å²) < 4.78 is 0. The Kier molecular flexibility index (Phi) is 14.1. The zero-order valence-corrected chi connectivity index (χ0v) is 34.8. The van der Waals surface area contributed by atoms with Gasteiger partial charge in [-0.25, -0.2) is 9.80 Å². The number of aliphatic hydroxyl groups is 1. The van der Waals surface area contributed by atoms with Gasteiger partial charge in [0, 0.05) is 56.1 Å². The van der Waals surface area contributed by atoms with Crippen molar-refractivity contribution in [3.8, 4) is 11.3 Å². The van der Waals surface area contributed by atoms with Crippen LogP contribution in [0.2, 0.25) is 0 Å². The fourth-order valence-corrected chi connectivity index (χ4v) is 7.51. The van der Waals surface area contributed by atoms with Crippen molar-refractivity contribution in [3.63, 3.8) is 0 Å². The number of pyridine rings is 2. The average Bonchev–Trinajstić information content (AvgIpc) is 3.59. The second kappa shape index (κ2) is 19.4. The molecule has 12 nitrogen and oxygen atoms in total. The molecule has 3 aromatic carbocycles. The number of hydrogen-bond donors (Lipinski definition) is 4. The molecule has 5 aromatic rings. The summed E-state index contributed by atoms with van der Waals surface area (Å²) in [5, 5.41) is 17.9. The molecule has 4 amide bonds. The number of aliphatic hydroxyl groups excluding tert-OH is 1. The molecule has 5 atom stereocenters. The summed E-state index contributed by atoms with van der Waals surface area (Å²) in [6, 6.07) is 30.5. The number of hydrogen-bond acceptors (Lipinski definition) is 8. The highest BCUT2D eigenvalue weighted by molar-refractivity contribution is 5.89. The number of aromatic nitrogens is 2. The van der Waals surface area contributed by atoms with Crippen LogP contribution in [-0.2, 0) is 29.1 Å². The Morgan fingerprint density at radius 1 is 0.864 bits per heavy atom. The molecule has 0 spiro atoms. The molecule has 0 radical (unpaired) electrons. The average molecular weight is 799 g/mol. The van der Waals surface area contributed by atoms with Crippen molar-refractivity contribution in [3.05, 3.63) is 132 Å². The minimum absolute atomic E-state index is 0.0211. The van der Waals surface area contributed by atoms with Crippen LogP contribution >= 0.6 is 0 Å². The second-order valence-corrected chi connectivity index (χ2v) is 16.7. The van der Waals surface area contributed by atoms with Gasteiger partial charge in [-0.3, -0.25) is 25.0 Å². The van der Waals surface area contributed by atoms with E-state index in [0.717, 1.165) is 38.9 Å². The molecule has 3 heterocycles. The number of para-hydroxylation sites is 1. The third-order valence-corrected chi connectivity index (χ3v) is 11.3. The molecule has 310 valence electrons. The Bertz CT molecular complexity index is 2160. The number of urea groups is 1. The number of nitrogens with zero attached hydrogens (tertiary/aromatic N) is 5. The van der Waals surface area contributed by atoms with E-state index in [0.29, 0.717) is 32.5 Å². The largest absolute Gasteiger partial charge is 0.390 e. The number of carbonyl (C=O) groups excluding carboxylic acids is 3. The minimum Gasteiger partial charge on any atom is -0.390 e. The van der Waals surface area contributed by atoms with Crippen LogP contribution in [-0.4, -0.2) is 91.6 Å². The van der Waals surface area contributed by atoms with E-state index in [1.54, 1.807) is 27.2 Å². The monoisotopic (exact) mass is 798 g/mol. The summed E-state index contributed by atoms with van der Waals surface area (Å²) >= 11 is 0. The minimum atomic E-state index is -1.14. The highest BCUT2D eigenvalue weighted by Crippen LogP contribution is 2.26. The zero-order valence-electron chi connectivity index (χ0n) is 34.8. The second-order valence-electron chi connectivity index (χ2n) is 16.7. The van der Waals surface area contributed by atoms with Crippen molar-refractivity contribution in [1.29, 1.82) is 0 Å². The number of rotatable bonds is 17. The Morgan fingerprint density at radius 3 is 2.27 bits per heavy atom. The van der Waals surface area contributed by atoms with Crippen molar-refractivity contribution < 1.29 is 19.5 Å². The van der Waals surface area contributed by atoms with E-state index >= 15 is 0 Å². The van der Waals surface area contributed by atoms with Gasteiger partial charge in [0.25, 0.3) is 5.91 Å². The SMILES string of the molecule is CC[C@H](C)[C@@H](C(=O)N[C@@H](Cc1ccccc1)[C@@H](O)CN(Cc1ccc(-c2ccccn2)cc1)NC(=O)[C@@H](N)C(C)(C)C)N1CCN(Cc2ccnc3ccccc23)C1=O. The summed E-state index contributed by atoms with van der Waals surface area (Å²) in [5.41, 5.74) is 14.3. The van der Waals surface area contributed by atoms with Gasteiger partial charge in [-0.05, 0) is 58.7 Å². The van der Waals surface area contributed by atoms with Crippen LogP contribution in [0, 0.1) is 11.3 Å². The lowest BCUT2D eigenvalue weighted by Crippen LogP contribution is -2.59. The lowest BCUT2D eigenvalue weighted by atomic mass is 9.87. The van der Waals surface area contributed by atoms with E-state index in [4.69, 9.17) is 5.73 Å². The quantitative estimate of drug-likeness (QED) is 0.0843. The van der Waals surface area contributed by atoms with Crippen molar-refractivity contribution in [1.82, 2.24) is 35.5 Å². The fraction of sp³-hybridized carbons (Fsp3) is 0.383. The van der Waals surface area contributed by atoms with E-state index < -0.39 is 29.6 Å². The van der Waals surface area contributed by atoms with Crippen molar-refractivity contribution in [2.24, 2.45) is 17.1 Å². The third-order valence-electron chi connectivity index (χ3n) is 11.3. The highest BCUT2D eigenvalue weighted by atomic mass is 16.3. The Labute approximate surface area is 347 Å². The number of nitrogens with two attached hydrogens (primary N) is 1. The molecule has 1 fully saturated rings. The Hall–Kier alpha value is -5.69. The standard InChI is InChI=1S/C47H58N8O4/c1-6-32(2)42(55-27-26-53(46(55)59)30-36-23-25-50-39-18-11-10-16-37(36)39)44(57)51-40(28-33-14-8-7-9-15-33)41(56)31-54(52-45(58)43(48)47(3,4)5)29-34-19-21-35(22-20-34)38-17-12-13-24-49-38/h7-25,32,40-43,56H,6,26-31,48H2,1-5H3,(H,51,57)(H,52,58)/t32-,40-,41-,42-,43+/m0/s1. The smallest absolute Gasteiger partial charge is 0.321 e. The molecule has 12 heteroatoms. The van der Waals surface area contributed by atoms with Crippen LogP contribution in [0.3, 0.4) is 0 Å². The van der Waals surface area contributed by atoms with E-state index in [9.17, 15) is 19.5 Å². The first-order valence-corrected chi connectivity index (χ1v) is 20.5. The Morgan fingerprint density at radius 2 is 1.58 bits per heavy atom. The molecular weight excluding hydrogens is 741 g/mol. The van der Waals surface area contributed by atoms with Gasteiger partial charge in [0.2, 0.25) is 5.91 Å². The van der Waals surface area contributed by atoms with Gasteiger partial charge in [-0.1, -0.05) is 120 Å². The first kappa shape index (κ1) is 42.9.